The number of fused-ring (bicyclic) bond motifs is 1. The Morgan fingerprint density at radius 2 is 1.97 bits per heavy atom. The Kier molecular flexibility index (Phi) is 5.67. The minimum atomic E-state index is -0.828. The van der Waals surface area contributed by atoms with Gasteiger partial charge in [-0.3, -0.25) is 9.59 Å². The van der Waals surface area contributed by atoms with E-state index in [1.807, 2.05) is 0 Å². The summed E-state index contributed by atoms with van der Waals surface area (Å²) in [6.45, 7) is 2.98. The van der Waals surface area contributed by atoms with E-state index in [0.29, 0.717) is 5.69 Å². The molecule has 0 bridgehead atoms. The lowest BCUT2D eigenvalue weighted by molar-refractivity contribution is -0.116. The summed E-state index contributed by atoms with van der Waals surface area (Å²) in [6.07, 6.45) is 1.18. The zero-order valence-electron chi connectivity index (χ0n) is 15.7. The van der Waals surface area contributed by atoms with Crippen LogP contribution in [0.15, 0.2) is 41.3 Å². The van der Waals surface area contributed by atoms with E-state index < -0.39 is 35.5 Å². The summed E-state index contributed by atoms with van der Waals surface area (Å²) in [7, 11) is 0. The number of carbonyl (C=O) groups excluding carboxylic acids is 2. The van der Waals surface area contributed by atoms with E-state index in [-0.39, 0.29) is 28.9 Å². The number of pyridine rings is 2. The highest BCUT2D eigenvalue weighted by Gasteiger charge is 2.19. The van der Waals surface area contributed by atoms with Crippen LogP contribution in [-0.4, -0.2) is 28.0 Å². The predicted molar refractivity (Wildman–Crippen MR) is 102 cm³/mol. The fraction of sp³-hybridized carbons (Fsp3) is 0.200. The molecule has 0 unspecified atom stereocenters. The van der Waals surface area contributed by atoms with Gasteiger partial charge in [-0.05, 0) is 38.1 Å². The van der Waals surface area contributed by atoms with Crippen molar-refractivity contribution in [3.63, 3.8) is 0 Å². The highest BCUT2D eigenvalue weighted by Crippen LogP contribution is 2.16. The summed E-state index contributed by atoms with van der Waals surface area (Å²) in [4.78, 5) is 41.5. The first-order valence-corrected chi connectivity index (χ1v) is 8.73. The van der Waals surface area contributed by atoms with E-state index in [1.165, 1.54) is 16.8 Å². The molecule has 0 aliphatic carbocycles. The number of nitrogens with zero attached hydrogens (tertiary/aromatic N) is 2. The lowest BCUT2D eigenvalue weighted by Crippen LogP contribution is -2.25. The van der Waals surface area contributed by atoms with Crippen LogP contribution in [0.1, 0.15) is 23.0 Å². The van der Waals surface area contributed by atoms with E-state index in [4.69, 9.17) is 4.74 Å². The normalized spacial score (nSPS) is 10.8. The molecule has 0 aliphatic rings. The molecular weight excluding hydrogens is 384 g/mol. The first-order chi connectivity index (χ1) is 13.8. The Hall–Kier alpha value is -3.62. The molecule has 3 aromatic rings. The molecule has 1 amide bonds. The Bertz CT molecular complexity index is 1170. The first-order valence-electron chi connectivity index (χ1n) is 8.73. The van der Waals surface area contributed by atoms with Gasteiger partial charge in [-0.1, -0.05) is 0 Å². The van der Waals surface area contributed by atoms with E-state index >= 15 is 0 Å². The molecule has 0 saturated heterocycles. The molecule has 0 atom stereocenters. The second-order valence-electron chi connectivity index (χ2n) is 6.22. The average Bonchev–Trinajstić information content (AvgIpc) is 2.67. The fourth-order valence-electron chi connectivity index (χ4n) is 2.77. The third-order valence-electron chi connectivity index (χ3n) is 4.07. The van der Waals surface area contributed by atoms with E-state index in [2.05, 4.69) is 10.3 Å². The molecule has 3 rings (SSSR count). The van der Waals surface area contributed by atoms with Gasteiger partial charge in [0.15, 0.2) is 0 Å². The number of aryl methyl sites for hydroxylation is 1. The molecule has 0 aliphatic heterocycles. The Balaban J connectivity index is 2.03. The molecule has 1 aromatic carbocycles. The molecular formula is C20H17F2N3O4. The van der Waals surface area contributed by atoms with Gasteiger partial charge < -0.3 is 14.6 Å². The Labute approximate surface area is 163 Å². The predicted octanol–water partition coefficient (Wildman–Crippen LogP) is 2.80. The molecule has 2 aromatic heterocycles. The fourth-order valence-corrected chi connectivity index (χ4v) is 2.77. The second kappa shape index (κ2) is 8.17. The molecule has 2 heterocycles. The van der Waals surface area contributed by atoms with Gasteiger partial charge in [0.05, 0.1) is 17.7 Å². The molecule has 29 heavy (non-hydrogen) atoms. The average molecular weight is 401 g/mol. The molecule has 0 radical (unpaired) electrons. The summed E-state index contributed by atoms with van der Waals surface area (Å²) in [6, 6.07) is 5.78. The van der Waals surface area contributed by atoms with Crippen LogP contribution in [0.2, 0.25) is 0 Å². The van der Waals surface area contributed by atoms with Crippen molar-refractivity contribution in [3.8, 4) is 0 Å². The van der Waals surface area contributed by atoms with Crippen molar-refractivity contribution in [3.05, 3.63) is 69.6 Å². The number of rotatable bonds is 5. The van der Waals surface area contributed by atoms with Gasteiger partial charge in [0, 0.05) is 18.0 Å². The molecule has 1 N–H and O–H groups in total. The number of aromatic nitrogens is 2. The largest absolute Gasteiger partial charge is 0.462 e. The maximum atomic E-state index is 13.8. The molecule has 0 saturated carbocycles. The van der Waals surface area contributed by atoms with Crippen LogP contribution >= 0.6 is 0 Å². The summed E-state index contributed by atoms with van der Waals surface area (Å²) in [5.74, 6) is -3.04. The van der Waals surface area contributed by atoms with Gasteiger partial charge in [0.2, 0.25) is 11.3 Å². The van der Waals surface area contributed by atoms with Gasteiger partial charge in [0.1, 0.15) is 29.4 Å². The number of nitrogens with one attached hydrogen (secondary N) is 1. The number of hydrogen-bond donors (Lipinski definition) is 1. The van der Waals surface area contributed by atoms with Gasteiger partial charge in [0.25, 0.3) is 0 Å². The highest BCUT2D eigenvalue weighted by molar-refractivity contribution is 5.95. The lowest BCUT2D eigenvalue weighted by Gasteiger charge is -2.13. The van der Waals surface area contributed by atoms with E-state index in [0.717, 1.165) is 18.2 Å². The van der Waals surface area contributed by atoms with E-state index in [1.54, 1.807) is 19.9 Å². The number of hydrogen-bond acceptors (Lipinski definition) is 5. The molecule has 0 spiro atoms. The standard InChI is InChI=1S/C20H17F2N3O4/c1-3-29-20(28)14-9-25(19-13(18(14)27)6-4-11(2)23-19)10-17(26)24-16-8-12(21)5-7-15(16)22/h4-9H,3,10H2,1-2H3,(H,24,26). The van der Waals surface area contributed by atoms with Crippen LogP contribution in [-0.2, 0) is 16.1 Å². The summed E-state index contributed by atoms with van der Waals surface area (Å²) < 4.78 is 33.3. The Morgan fingerprint density at radius 1 is 1.21 bits per heavy atom. The number of ether oxygens (including phenoxy) is 1. The molecule has 0 fully saturated rings. The van der Waals surface area contributed by atoms with Crippen LogP contribution < -0.4 is 10.7 Å². The number of amides is 1. The van der Waals surface area contributed by atoms with Gasteiger partial charge in [-0.2, -0.15) is 0 Å². The van der Waals surface area contributed by atoms with Crippen molar-refractivity contribution in [1.82, 2.24) is 9.55 Å². The third kappa shape index (κ3) is 4.29. The number of benzene rings is 1. The van der Waals surface area contributed by atoms with Crippen LogP contribution in [0.25, 0.3) is 11.0 Å². The summed E-state index contributed by atoms with van der Waals surface area (Å²) in [5, 5.41) is 2.40. The van der Waals surface area contributed by atoms with Crippen molar-refractivity contribution < 1.29 is 23.1 Å². The van der Waals surface area contributed by atoms with Gasteiger partial charge in [-0.25, -0.2) is 18.6 Å². The first kappa shape index (κ1) is 20.1. The topological polar surface area (TPSA) is 90.3 Å². The summed E-state index contributed by atoms with van der Waals surface area (Å²) in [5.41, 5.74) is -0.382. The van der Waals surface area contributed by atoms with Crippen LogP contribution in [0, 0.1) is 18.6 Å². The minimum Gasteiger partial charge on any atom is -0.462 e. The van der Waals surface area contributed by atoms with Crippen LogP contribution in [0.3, 0.4) is 0 Å². The zero-order chi connectivity index (χ0) is 21.1. The van der Waals surface area contributed by atoms with Crippen LogP contribution in [0.5, 0.6) is 0 Å². The van der Waals surface area contributed by atoms with Crippen molar-refractivity contribution in [2.45, 2.75) is 20.4 Å². The lowest BCUT2D eigenvalue weighted by atomic mass is 10.2. The van der Waals surface area contributed by atoms with E-state index in [9.17, 15) is 23.2 Å². The summed E-state index contributed by atoms with van der Waals surface area (Å²) >= 11 is 0. The third-order valence-corrected chi connectivity index (χ3v) is 4.07. The smallest absolute Gasteiger partial charge is 0.343 e. The Morgan fingerprint density at radius 3 is 2.69 bits per heavy atom. The number of anilines is 1. The van der Waals surface area contributed by atoms with Crippen LogP contribution in [0.4, 0.5) is 14.5 Å². The minimum absolute atomic E-state index is 0.0712. The van der Waals surface area contributed by atoms with Crippen molar-refractivity contribution in [2.24, 2.45) is 0 Å². The molecule has 9 heteroatoms. The van der Waals surface area contributed by atoms with Gasteiger partial charge >= 0.3 is 5.97 Å². The number of halogens is 2. The number of esters is 1. The number of carbonyl (C=O) groups is 2. The van der Waals surface area contributed by atoms with Gasteiger partial charge in [-0.15, -0.1) is 0 Å². The maximum Gasteiger partial charge on any atom is 0.343 e. The zero-order valence-corrected chi connectivity index (χ0v) is 15.7. The second-order valence-corrected chi connectivity index (χ2v) is 6.22. The monoisotopic (exact) mass is 401 g/mol. The molecule has 7 nitrogen and oxygen atoms in total. The highest BCUT2D eigenvalue weighted by atomic mass is 19.1. The van der Waals surface area contributed by atoms with Crippen molar-refractivity contribution in [2.75, 3.05) is 11.9 Å². The molecule has 150 valence electrons. The van der Waals surface area contributed by atoms with Crippen molar-refractivity contribution in [1.29, 1.82) is 0 Å². The quantitative estimate of drug-likeness (QED) is 0.664. The SMILES string of the molecule is CCOC(=O)c1cn(CC(=O)Nc2cc(F)ccc2F)c2nc(C)ccc2c1=O. The van der Waals surface area contributed by atoms with Crippen molar-refractivity contribution >= 4 is 28.6 Å². The maximum absolute atomic E-state index is 13.8.